The van der Waals surface area contributed by atoms with Crippen LogP contribution in [0.3, 0.4) is 0 Å². The van der Waals surface area contributed by atoms with Crippen LogP contribution in [-0.2, 0) is 4.79 Å². The van der Waals surface area contributed by atoms with Gasteiger partial charge in [-0.25, -0.2) is 4.79 Å². The minimum atomic E-state index is -1.16. The zero-order valence-electron chi connectivity index (χ0n) is 9.48. The van der Waals surface area contributed by atoms with Gasteiger partial charge in [0.2, 0.25) is 5.91 Å². The maximum absolute atomic E-state index is 11.2. The van der Waals surface area contributed by atoms with Gasteiger partial charge in [0.05, 0.1) is 5.56 Å². The van der Waals surface area contributed by atoms with Crippen LogP contribution in [0.15, 0.2) is 18.3 Å². The fourth-order valence-corrected chi connectivity index (χ4v) is 1.83. The van der Waals surface area contributed by atoms with Gasteiger partial charge in [0.25, 0.3) is 0 Å². The predicted octanol–water partition coefficient (Wildman–Crippen LogP) is 1.64. The highest BCUT2D eigenvalue weighted by molar-refractivity contribution is 6.11. The van der Waals surface area contributed by atoms with Crippen molar-refractivity contribution in [2.45, 2.75) is 6.92 Å². The van der Waals surface area contributed by atoms with E-state index in [1.807, 2.05) is 0 Å². The highest BCUT2D eigenvalue weighted by Gasteiger charge is 2.15. The van der Waals surface area contributed by atoms with Crippen LogP contribution >= 0.6 is 0 Å². The molecule has 0 saturated heterocycles. The summed E-state index contributed by atoms with van der Waals surface area (Å²) in [5.74, 6) is -1.46. The maximum atomic E-state index is 11.2. The molecule has 92 valence electrons. The molecular formula is C12H10N2O4. The molecule has 0 radical (unpaired) electrons. The number of amides is 1. The smallest absolute Gasteiger partial charge is 0.336 e. The summed E-state index contributed by atoms with van der Waals surface area (Å²) in [7, 11) is 0. The van der Waals surface area contributed by atoms with E-state index in [2.05, 4.69) is 10.3 Å². The van der Waals surface area contributed by atoms with Crippen molar-refractivity contribution in [2.75, 3.05) is 5.32 Å². The summed E-state index contributed by atoms with van der Waals surface area (Å²) in [5, 5.41) is 12.0. The van der Waals surface area contributed by atoms with Crippen LogP contribution in [0.1, 0.15) is 27.6 Å². The summed E-state index contributed by atoms with van der Waals surface area (Å²) in [6.07, 6.45) is 2.02. The lowest BCUT2D eigenvalue weighted by Crippen LogP contribution is -2.07. The molecule has 1 aromatic heterocycles. The van der Waals surface area contributed by atoms with Gasteiger partial charge in [-0.3, -0.25) is 9.59 Å². The minimum Gasteiger partial charge on any atom is -0.478 e. The molecule has 6 nitrogen and oxygen atoms in total. The highest BCUT2D eigenvalue weighted by Crippen LogP contribution is 2.26. The number of nitrogens with one attached hydrogen (secondary N) is 2. The summed E-state index contributed by atoms with van der Waals surface area (Å²) in [4.78, 5) is 35.8. The largest absolute Gasteiger partial charge is 0.478 e. The molecule has 0 saturated carbocycles. The molecule has 1 heterocycles. The number of aromatic nitrogens is 1. The van der Waals surface area contributed by atoms with Crippen molar-refractivity contribution in [1.82, 2.24) is 4.98 Å². The van der Waals surface area contributed by atoms with E-state index in [1.54, 1.807) is 6.07 Å². The van der Waals surface area contributed by atoms with E-state index in [1.165, 1.54) is 19.2 Å². The number of carbonyl (C=O) groups excluding carboxylic acids is 2. The molecule has 0 aliphatic carbocycles. The summed E-state index contributed by atoms with van der Waals surface area (Å²) >= 11 is 0. The molecular weight excluding hydrogens is 236 g/mol. The van der Waals surface area contributed by atoms with Crippen molar-refractivity contribution < 1.29 is 19.5 Å². The van der Waals surface area contributed by atoms with Crippen molar-refractivity contribution in [3.63, 3.8) is 0 Å². The normalized spacial score (nSPS) is 10.3. The van der Waals surface area contributed by atoms with Gasteiger partial charge in [-0.2, -0.15) is 0 Å². The van der Waals surface area contributed by atoms with Gasteiger partial charge in [-0.15, -0.1) is 0 Å². The SMILES string of the molecule is CC(=O)Nc1cc(C(=O)O)c2c(C=O)c[nH]c2c1. The number of fused-ring (bicyclic) bond motifs is 1. The third kappa shape index (κ3) is 1.95. The van der Waals surface area contributed by atoms with Gasteiger partial charge in [0.15, 0.2) is 6.29 Å². The molecule has 1 aromatic carbocycles. The van der Waals surface area contributed by atoms with Crippen LogP contribution in [0.2, 0.25) is 0 Å². The second kappa shape index (κ2) is 4.33. The number of rotatable bonds is 3. The second-order valence-electron chi connectivity index (χ2n) is 3.79. The number of carboxylic acid groups (broad SMARTS) is 1. The first-order valence-corrected chi connectivity index (χ1v) is 5.14. The van der Waals surface area contributed by atoms with Crippen LogP contribution in [0, 0.1) is 0 Å². The fraction of sp³-hybridized carbons (Fsp3) is 0.0833. The third-order valence-corrected chi connectivity index (χ3v) is 2.49. The van der Waals surface area contributed by atoms with Crippen LogP contribution < -0.4 is 5.32 Å². The Kier molecular flexibility index (Phi) is 2.85. The number of carbonyl (C=O) groups is 3. The molecule has 6 heteroatoms. The Labute approximate surface area is 102 Å². The molecule has 0 unspecified atom stereocenters. The maximum Gasteiger partial charge on any atom is 0.336 e. The quantitative estimate of drug-likeness (QED) is 0.717. The van der Waals surface area contributed by atoms with Gasteiger partial charge >= 0.3 is 5.97 Å². The summed E-state index contributed by atoms with van der Waals surface area (Å²) < 4.78 is 0. The van der Waals surface area contributed by atoms with Gasteiger partial charge in [0.1, 0.15) is 0 Å². The first-order valence-electron chi connectivity index (χ1n) is 5.14. The Hall–Kier alpha value is -2.63. The number of benzene rings is 1. The Bertz CT molecular complexity index is 657. The monoisotopic (exact) mass is 246 g/mol. The highest BCUT2D eigenvalue weighted by atomic mass is 16.4. The van der Waals surface area contributed by atoms with E-state index in [0.717, 1.165) is 0 Å². The number of aromatic amines is 1. The van der Waals surface area contributed by atoms with Gasteiger partial charge < -0.3 is 15.4 Å². The van der Waals surface area contributed by atoms with Crippen molar-refractivity contribution in [1.29, 1.82) is 0 Å². The lowest BCUT2D eigenvalue weighted by Gasteiger charge is -2.05. The number of hydrogen-bond acceptors (Lipinski definition) is 3. The van der Waals surface area contributed by atoms with Crippen molar-refractivity contribution in [3.8, 4) is 0 Å². The number of hydrogen-bond donors (Lipinski definition) is 3. The van der Waals surface area contributed by atoms with E-state index in [-0.39, 0.29) is 17.0 Å². The number of anilines is 1. The number of aromatic carboxylic acids is 1. The molecule has 0 spiro atoms. The molecule has 18 heavy (non-hydrogen) atoms. The molecule has 0 fully saturated rings. The van der Waals surface area contributed by atoms with Gasteiger partial charge in [-0.05, 0) is 12.1 Å². The van der Waals surface area contributed by atoms with E-state index in [0.29, 0.717) is 22.9 Å². The third-order valence-electron chi connectivity index (χ3n) is 2.49. The molecule has 0 aliphatic heterocycles. The molecule has 2 aromatic rings. The van der Waals surface area contributed by atoms with Gasteiger partial charge in [0, 0.05) is 35.3 Å². The van der Waals surface area contributed by atoms with E-state index >= 15 is 0 Å². The van der Waals surface area contributed by atoms with E-state index in [4.69, 9.17) is 5.11 Å². The fourth-order valence-electron chi connectivity index (χ4n) is 1.83. The minimum absolute atomic E-state index is 0.0281. The van der Waals surface area contributed by atoms with E-state index < -0.39 is 5.97 Å². The summed E-state index contributed by atoms with van der Waals surface area (Å²) in [6.45, 7) is 1.33. The lowest BCUT2D eigenvalue weighted by molar-refractivity contribution is -0.114. The van der Waals surface area contributed by atoms with Crippen molar-refractivity contribution in [2.24, 2.45) is 0 Å². The molecule has 0 atom stereocenters. The second-order valence-corrected chi connectivity index (χ2v) is 3.79. The number of carboxylic acids is 1. The summed E-state index contributed by atoms with van der Waals surface area (Å²) in [5.41, 5.74) is 1.10. The zero-order chi connectivity index (χ0) is 13.3. The van der Waals surface area contributed by atoms with Crippen LogP contribution in [0.4, 0.5) is 5.69 Å². The average Bonchev–Trinajstić information content (AvgIpc) is 2.69. The van der Waals surface area contributed by atoms with Crippen LogP contribution in [-0.4, -0.2) is 28.3 Å². The Balaban J connectivity index is 2.72. The molecule has 2 rings (SSSR count). The lowest BCUT2D eigenvalue weighted by atomic mass is 10.1. The zero-order valence-corrected chi connectivity index (χ0v) is 9.48. The molecule has 1 amide bonds. The first-order chi connectivity index (χ1) is 8.52. The number of H-pyrrole nitrogens is 1. The molecule has 0 bridgehead atoms. The van der Waals surface area contributed by atoms with Crippen LogP contribution in [0.25, 0.3) is 10.9 Å². The Morgan fingerprint density at radius 3 is 2.67 bits per heavy atom. The topological polar surface area (TPSA) is 99.3 Å². The molecule has 3 N–H and O–H groups in total. The Morgan fingerprint density at radius 2 is 2.11 bits per heavy atom. The first kappa shape index (κ1) is 11.8. The van der Waals surface area contributed by atoms with Crippen LogP contribution in [0.5, 0.6) is 0 Å². The number of aldehydes is 1. The molecule has 0 aliphatic rings. The average molecular weight is 246 g/mol. The van der Waals surface area contributed by atoms with Crippen molar-refractivity contribution >= 4 is 34.8 Å². The van der Waals surface area contributed by atoms with Crippen molar-refractivity contribution in [3.05, 3.63) is 29.5 Å². The standard InChI is InChI=1S/C12H10N2O4/c1-6(16)14-8-2-9(12(17)18)11-7(5-15)4-13-10(11)3-8/h2-5,13H,1H3,(H,14,16)(H,17,18). The van der Waals surface area contributed by atoms with E-state index in [9.17, 15) is 14.4 Å². The van der Waals surface area contributed by atoms with Gasteiger partial charge in [-0.1, -0.05) is 0 Å². The Morgan fingerprint density at radius 1 is 1.39 bits per heavy atom. The predicted molar refractivity (Wildman–Crippen MR) is 64.9 cm³/mol. The summed E-state index contributed by atoms with van der Waals surface area (Å²) in [6, 6.07) is 2.91.